The van der Waals surface area contributed by atoms with Crippen LogP contribution >= 0.6 is 11.6 Å². The molecule has 0 heterocycles. The lowest BCUT2D eigenvalue weighted by Gasteiger charge is -2.70. The minimum Gasteiger partial charge on any atom is -0.378 e. The van der Waals surface area contributed by atoms with Crippen LogP contribution in [0.5, 0.6) is 0 Å². The second-order valence-electron chi connectivity index (χ2n) is 10.5. The molecule has 2 bridgehead atoms. The molecule has 5 rings (SSSR count). The first-order chi connectivity index (χ1) is 17.2. The van der Waals surface area contributed by atoms with Gasteiger partial charge in [-0.2, -0.15) is 0 Å². The van der Waals surface area contributed by atoms with Crippen molar-refractivity contribution < 1.29 is 23.5 Å². The van der Waals surface area contributed by atoms with Gasteiger partial charge in [-0.25, -0.2) is 4.39 Å². The fraction of sp³-hybridized carbons (Fsp3) is 0.500. The standard InChI is InChI=1S/C28H34ClFN2O4/c1-32(2)22-5-3-4-20(12-22)8-10-35-15-23(33)14-27-17-28(18-27,19-27)31-26(34)16-36-11-9-21-6-7-24(29)25(30)13-21/h3-7,12-13H,8-11,14-19H2,1-2H3,(H,31,34). The van der Waals surface area contributed by atoms with Crippen LogP contribution in [0.15, 0.2) is 42.5 Å². The number of hydrogen-bond acceptors (Lipinski definition) is 5. The third kappa shape index (κ3) is 6.64. The molecule has 0 saturated heterocycles. The molecule has 1 N–H and O–H groups in total. The third-order valence-corrected chi connectivity index (χ3v) is 7.40. The Bertz CT molecular complexity index is 1090. The summed E-state index contributed by atoms with van der Waals surface area (Å²) in [4.78, 5) is 26.7. The number of rotatable bonds is 14. The lowest BCUT2D eigenvalue weighted by Crippen LogP contribution is -2.75. The number of nitrogens with zero attached hydrogens (tertiary/aromatic N) is 1. The predicted octanol–water partition coefficient (Wildman–Crippen LogP) is 4.36. The maximum atomic E-state index is 13.5. The fourth-order valence-electron chi connectivity index (χ4n) is 5.54. The summed E-state index contributed by atoms with van der Waals surface area (Å²) >= 11 is 5.68. The smallest absolute Gasteiger partial charge is 0.246 e. The molecule has 3 aliphatic carbocycles. The Hall–Kier alpha value is -2.48. The largest absolute Gasteiger partial charge is 0.378 e. The summed E-state index contributed by atoms with van der Waals surface area (Å²) in [5.74, 6) is -0.488. The van der Waals surface area contributed by atoms with E-state index in [1.807, 2.05) is 20.2 Å². The van der Waals surface area contributed by atoms with Crippen LogP contribution in [0.3, 0.4) is 0 Å². The highest BCUT2D eigenvalue weighted by Crippen LogP contribution is 2.68. The molecule has 0 unspecified atom stereocenters. The minimum atomic E-state index is -0.458. The number of amides is 1. The number of Topliss-reactive ketones (excluding diaryl/α,β-unsaturated/α-hetero) is 1. The Labute approximate surface area is 217 Å². The number of benzene rings is 2. The Kier molecular flexibility index (Phi) is 8.33. The van der Waals surface area contributed by atoms with Gasteiger partial charge in [0.25, 0.3) is 0 Å². The number of nitrogens with one attached hydrogen (secondary N) is 1. The van der Waals surface area contributed by atoms with Gasteiger partial charge in [-0.15, -0.1) is 0 Å². The van der Waals surface area contributed by atoms with Gasteiger partial charge in [0.2, 0.25) is 5.91 Å². The average Bonchev–Trinajstić information content (AvgIpc) is 2.80. The van der Waals surface area contributed by atoms with Crippen LogP contribution in [0.25, 0.3) is 0 Å². The second kappa shape index (κ2) is 11.3. The average molecular weight is 517 g/mol. The molecule has 0 radical (unpaired) electrons. The zero-order chi connectivity index (χ0) is 25.8. The molecule has 1 amide bonds. The van der Waals surface area contributed by atoms with Crippen molar-refractivity contribution in [3.63, 3.8) is 0 Å². The van der Waals surface area contributed by atoms with Gasteiger partial charge in [0.05, 0.1) is 18.2 Å². The van der Waals surface area contributed by atoms with Crippen molar-refractivity contribution in [1.82, 2.24) is 5.32 Å². The molecule has 0 spiro atoms. The van der Waals surface area contributed by atoms with Gasteiger partial charge in [-0.3, -0.25) is 9.59 Å². The number of ketones is 1. The van der Waals surface area contributed by atoms with Gasteiger partial charge in [-0.05, 0) is 72.9 Å². The normalized spacial score (nSPS) is 21.9. The monoisotopic (exact) mass is 516 g/mol. The molecule has 3 fully saturated rings. The van der Waals surface area contributed by atoms with E-state index >= 15 is 0 Å². The first-order valence-corrected chi connectivity index (χ1v) is 12.7. The molecule has 2 aromatic rings. The fourth-order valence-corrected chi connectivity index (χ4v) is 5.65. The lowest BCUT2D eigenvalue weighted by molar-refractivity contribution is -0.175. The Morgan fingerprint density at radius 3 is 2.33 bits per heavy atom. The van der Waals surface area contributed by atoms with Crippen molar-refractivity contribution >= 4 is 29.0 Å². The Morgan fingerprint density at radius 1 is 1.00 bits per heavy atom. The van der Waals surface area contributed by atoms with Crippen molar-refractivity contribution in [2.75, 3.05) is 45.4 Å². The van der Waals surface area contributed by atoms with Crippen LogP contribution in [0.2, 0.25) is 5.02 Å². The second-order valence-corrected chi connectivity index (χ2v) is 10.9. The van der Waals surface area contributed by atoms with Crippen LogP contribution in [0, 0.1) is 11.2 Å². The van der Waals surface area contributed by atoms with Crippen LogP contribution in [-0.4, -0.2) is 57.8 Å². The molecule has 0 atom stereocenters. The Morgan fingerprint density at radius 2 is 1.67 bits per heavy atom. The van der Waals surface area contributed by atoms with Crippen LogP contribution in [-0.2, 0) is 31.9 Å². The SMILES string of the molecule is CN(C)c1cccc(CCOCC(=O)CC23CC(NC(=O)COCCc4ccc(Cl)c(F)c4)(C2)C3)c1. The number of anilines is 1. The number of halogens is 2. The molecule has 194 valence electrons. The molecule has 6 nitrogen and oxygen atoms in total. The Balaban J connectivity index is 1.07. The predicted molar refractivity (Wildman–Crippen MR) is 138 cm³/mol. The van der Waals surface area contributed by atoms with Gasteiger partial charge in [0, 0.05) is 31.7 Å². The van der Waals surface area contributed by atoms with E-state index in [0.717, 1.165) is 36.9 Å². The number of hydrogen-bond donors (Lipinski definition) is 1. The summed E-state index contributed by atoms with van der Waals surface area (Å²) in [5.41, 5.74) is 2.94. The van der Waals surface area contributed by atoms with E-state index in [0.29, 0.717) is 26.1 Å². The molecular weight excluding hydrogens is 483 g/mol. The lowest BCUT2D eigenvalue weighted by atomic mass is 9.38. The van der Waals surface area contributed by atoms with Gasteiger partial charge >= 0.3 is 0 Å². The number of ether oxygens (including phenoxy) is 2. The van der Waals surface area contributed by atoms with Crippen molar-refractivity contribution in [3.8, 4) is 0 Å². The molecule has 2 aromatic carbocycles. The molecule has 0 aromatic heterocycles. The first-order valence-electron chi connectivity index (χ1n) is 12.4. The van der Waals surface area contributed by atoms with Gasteiger partial charge < -0.3 is 19.7 Å². The molecule has 8 heteroatoms. The maximum absolute atomic E-state index is 13.5. The van der Waals surface area contributed by atoms with Gasteiger partial charge in [0.1, 0.15) is 19.0 Å². The molecule has 3 saturated carbocycles. The summed E-state index contributed by atoms with van der Waals surface area (Å²) in [5, 5.41) is 3.16. The first kappa shape index (κ1) is 26.6. The van der Waals surface area contributed by atoms with Gasteiger partial charge in [-0.1, -0.05) is 29.8 Å². The van der Waals surface area contributed by atoms with Gasteiger partial charge in [0.15, 0.2) is 5.78 Å². The molecule has 36 heavy (non-hydrogen) atoms. The van der Waals surface area contributed by atoms with E-state index in [2.05, 4.69) is 28.4 Å². The van der Waals surface area contributed by atoms with Crippen molar-refractivity contribution in [2.24, 2.45) is 5.41 Å². The summed E-state index contributed by atoms with van der Waals surface area (Å²) in [6, 6.07) is 12.9. The topological polar surface area (TPSA) is 67.9 Å². The zero-order valence-electron chi connectivity index (χ0n) is 20.9. The summed E-state index contributed by atoms with van der Waals surface area (Å²) in [6.45, 7) is 0.943. The van der Waals surface area contributed by atoms with Crippen LogP contribution in [0.4, 0.5) is 10.1 Å². The summed E-state index contributed by atoms with van der Waals surface area (Å²) in [7, 11) is 4.02. The quantitative estimate of drug-likeness (QED) is 0.378. The zero-order valence-corrected chi connectivity index (χ0v) is 21.7. The van der Waals surface area contributed by atoms with E-state index in [9.17, 15) is 14.0 Å². The van der Waals surface area contributed by atoms with Crippen LogP contribution < -0.4 is 10.2 Å². The molecular formula is C28H34ClFN2O4. The summed E-state index contributed by atoms with van der Waals surface area (Å²) in [6.07, 6.45) is 4.28. The number of carbonyl (C=O) groups is 2. The molecule has 3 aliphatic rings. The van der Waals surface area contributed by atoms with E-state index in [1.54, 1.807) is 6.07 Å². The van der Waals surface area contributed by atoms with Crippen molar-refractivity contribution in [3.05, 3.63) is 64.4 Å². The highest BCUT2D eigenvalue weighted by atomic mass is 35.5. The number of carbonyl (C=O) groups excluding carboxylic acids is 2. The maximum Gasteiger partial charge on any atom is 0.246 e. The van der Waals surface area contributed by atoms with Crippen molar-refractivity contribution in [1.29, 1.82) is 0 Å². The van der Waals surface area contributed by atoms with E-state index in [1.165, 1.54) is 17.7 Å². The minimum absolute atomic E-state index is 0.0211. The third-order valence-electron chi connectivity index (χ3n) is 7.09. The van der Waals surface area contributed by atoms with E-state index < -0.39 is 5.82 Å². The molecule has 0 aliphatic heterocycles. The van der Waals surface area contributed by atoms with E-state index in [-0.39, 0.29) is 40.9 Å². The van der Waals surface area contributed by atoms with Crippen LogP contribution in [0.1, 0.15) is 36.8 Å². The van der Waals surface area contributed by atoms with Crippen molar-refractivity contribution in [2.45, 2.75) is 44.1 Å². The summed E-state index contributed by atoms with van der Waals surface area (Å²) < 4.78 is 24.6. The highest BCUT2D eigenvalue weighted by molar-refractivity contribution is 6.30. The highest BCUT2D eigenvalue weighted by Gasteiger charge is 2.68. The van der Waals surface area contributed by atoms with E-state index in [4.69, 9.17) is 21.1 Å².